The molecule has 0 atom stereocenters. The van der Waals surface area contributed by atoms with Crippen LogP contribution in [0.25, 0.3) is 0 Å². The van der Waals surface area contributed by atoms with E-state index in [2.05, 4.69) is 19.9 Å². The van der Waals surface area contributed by atoms with Crippen molar-refractivity contribution >= 4 is 5.69 Å². The molecule has 2 rings (SSSR count). The predicted molar refractivity (Wildman–Crippen MR) is 79.7 cm³/mol. The highest BCUT2D eigenvalue weighted by molar-refractivity contribution is 5.56. The quantitative estimate of drug-likeness (QED) is 0.920. The van der Waals surface area contributed by atoms with Gasteiger partial charge in [-0.15, -0.1) is 0 Å². The number of nitrogens with two attached hydrogens (primary N) is 1. The minimum absolute atomic E-state index is 0.397. The summed E-state index contributed by atoms with van der Waals surface area (Å²) in [5, 5.41) is 9.19. The van der Waals surface area contributed by atoms with Crippen LogP contribution in [0, 0.1) is 24.2 Å². The summed E-state index contributed by atoms with van der Waals surface area (Å²) in [6.07, 6.45) is 0. The van der Waals surface area contributed by atoms with E-state index < -0.39 is 0 Å². The molecule has 0 aliphatic carbocycles. The normalized spacial score (nSPS) is 10.6. The molecule has 0 fully saturated rings. The molecule has 0 bridgehead atoms. The number of nitrogens with zero attached hydrogens (tertiary/aromatic N) is 2. The Kier molecular flexibility index (Phi) is 3.99. The number of hydrogen-bond acceptors (Lipinski definition) is 3. The maximum absolute atomic E-state index is 9.19. The van der Waals surface area contributed by atoms with E-state index in [0.29, 0.717) is 29.7 Å². The van der Waals surface area contributed by atoms with E-state index in [4.69, 9.17) is 10.5 Å². The first-order valence-corrected chi connectivity index (χ1v) is 6.65. The summed E-state index contributed by atoms with van der Waals surface area (Å²) in [5.41, 5.74) is 8.16. The van der Waals surface area contributed by atoms with Gasteiger partial charge < -0.3 is 15.0 Å². The summed E-state index contributed by atoms with van der Waals surface area (Å²) in [7, 11) is 0. The van der Waals surface area contributed by atoms with E-state index >= 15 is 0 Å². The van der Waals surface area contributed by atoms with Crippen LogP contribution in [0.1, 0.15) is 25.1 Å². The molecule has 0 spiro atoms. The SMILES string of the molecule is Cc1ccc(Oc2c(N)cc(C#N)n2CC(C)C)cc1. The lowest BCUT2D eigenvalue weighted by molar-refractivity contribution is 0.405. The number of aryl methyl sites for hydroxylation is 1. The van der Waals surface area contributed by atoms with Gasteiger partial charge >= 0.3 is 0 Å². The van der Waals surface area contributed by atoms with Crippen molar-refractivity contribution in [1.29, 1.82) is 5.26 Å². The van der Waals surface area contributed by atoms with E-state index in [1.54, 1.807) is 6.07 Å². The van der Waals surface area contributed by atoms with Gasteiger partial charge in [0.2, 0.25) is 5.88 Å². The van der Waals surface area contributed by atoms with E-state index in [1.807, 2.05) is 35.8 Å². The zero-order valence-electron chi connectivity index (χ0n) is 12.1. The van der Waals surface area contributed by atoms with Crippen LogP contribution in [-0.4, -0.2) is 4.57 Å². The van der Waals surface area contributed by atoms with Crippen LogP contribution in [-0.2, 0) is 6.54 Å². The van der Waals surface area contributed by atoms with Crippen molar-refractivity contribution in [3.8, 4) is 17.7 Å². The number of aromatic nitrogens is 1. The van der Waals surface area contributed by atoms with Gasteiger partial charge in [0.1, 0.15) is 17.5 Å². The summed E-state index contributed by atoms with van der Waals surface area (Å²) < 4.78 is 7.70. The van der Waals surface area contributed by atoms with Gasteiger partial charge in [0.15, 0.2) is 0 Å². The van der Waals surface area contributed by atoms with Crippen molar-refractivity contribution in [2.75, 3.05) is 5.73 Å². The molecule has 0 saturated carbocycles. The largest absolute Gasteiger partial charge is 0.439 e. The molecule has 4 nitrogen and oxygen atoms in total. The maximum Gasteiger partial charge on any atom is 0.224 e. The Morgan fingerprint density at radius 1 is 1.30 bits per heavy atom. The van der Waals surface area contributed by atoms with Crippen molar-refractivity contribution < 1.29 is 4.74 Å². The molecule has 0 aliphatic rings. The van der Waals surface area contributed by atoms with Crippen LogP contribution in [0.5, 0.6) is 11.6 Å². The molecule has 1 aromatic carbocycles. The highest BCUT2D eigenvalue weighted by atomic mass is 16.5. The number of hydrogen-bond donors (Lipinski definition) is 1. The van der Waals surface area contributed by atoms with Crippen LogP contribution in [0.4, 0.5) is 5.69 Å². The third-order valence-corrected chi connectivity index (χ3v) is 2.97. The van der Waals surface area contributed by atoms with Gasteiger partial charge in [-0.2, -0.15) is 5.26 Å². The third kappa shape index (κ3) is 2.94. The highest BCUT2D eigenvalue weighted by Gasteiger charge is 2.16. The molecular weight excluding hydrogens is 250 g/mol. The first kappa shape index (κ1) is 14.0. The van der Waals surface area contributed by atoms with Crippen molar-refractivity contribution in [1.82, 2.24) is 4.57 Å². The Morgan fingerprint density at radius 2 is 1.95 bits per heavy atom. The fourth-order valence-corrected chi connectivity index (χ4v) is 2.02. The summed E-state index contributed by atoms with van der Waals surface area (Å²) in [5.74, 6) is 1.66. The molecule has 1 aromatic heterocycles. The van der Waals surface area contributed by atoms with E-state index in [9.17, 15) is 5.26 Å². The zero-order valence-corrected chi connectivity index (χ0v) is 12.1. The Labute approximate surface area is 119 Å². The standard InChI is InChI=1S/C16H19N3O/c1-11(2)10-19-13(9-17)8-15(18)16(19)20-14-6-4-12(3)5-7-14/h4-8,11H,10,18H2,1-3H3. The molecule has 0 amide bonds. The molecule has 0 unspecified atom stereocenters. The molecule has 2 N–H and O–H groups in total. The lowest BCUT2D eigenvalue weighted by Crippen LogP contribution is -2.08. The topological polar surface area (TPSA) is 64.0 Å². The number of nitrogen functional groups attached to an aromatic ring is 1. The monoisotopic (exact) mass is 269 g/mol. The summed E-state index contributed by atoms with van der Waals surface area (Å²) >= 11 is 0. The second-order valence-corrected chi connectivity index (χ2v) is 5.32. The van der Waals surface area contributed by atoms with Gasteiger partial charge in [0.05, 0.1) is 5.69 Å². The smallest absolute Gasteiger partial charge is 0.224 e. The molecular formula is C16H19N3O. The molecule has 0 saturated heterocycles. The number of benzene rings is 1. The first-order valence-electron chi connectivity index (χ1n) is 6.65. The van der Waals surface area contributed by atoms with E-state index in [0.717, 1.165) is 5.75 Å². The molecule has 20 heavy (non-hydrogen) atoms. The summed E-state index contributed by atoms with van der Waals surface area (Å²) in [4.78, 5) is 0. The van der Waals surface area contributed by atoms with Crippen LogP contribution in [0.3, 0.4) is 0 Å². The lowest BCUT2D eigenvalue weighted by Gasteiger charge is -2.14. The van der Waals surface area contributed by atoms with Crippen molar-refractivity contribution in [3.05, 3.63) is 41.6 Å². The first-order chi connectivity index (χ1) is 9.51. The van der Waals surface area contributed by atoms with Crippen molar-refractivity contribution in [2.24, 2.45) is 5.92 Å². The molecule has 1 heterocycles. The predicted octanol–water partition coefficient (Wildman–Crippen LogP) is 3.70. The van der Waals surface area contributed by atoms with Crippen LogP contribution < -0.4 is 10.5 Å². The average Bonchev–Trinajstić information content (AvgIpc) is 2.69. The number of ether oxygens (including phenoxy) is 1. The van der Waals surface area contributed by atoms with Gasteiger partial charge in [-0.3, -0.25) is 0 Å². The molecule has 4 heteroatoms. The second-order valence-electron chi connectivity index (χ2n) is 5.32. The minimum Gasteiger partial charge on any atom is -0.439 e. The summed E-state index contributed by atoms with van der Waals surface area (Å²) in [6, 6.07) is 11.6. The number of nitriles is 1. The lowest BCUT2D eigenvalue weighted by atomic mass is 10.2. The third-order valence-electron chi connectivity index (χ3n) is 2.97. The van der Waals surface area contributed by atoms with Gasteiger partial charge in [0, 0.05) is 12.6 Å². The van der Waals surface area contributed by atoms with Gasteiger partial charge in [0.25, 0.3) is 0 Å². The Morgan fingerprint density at radius 3 is 2.50 bits per heavy atom. The maximum atomic E-state index is 9.19. The Hall–Kier alpha value is -2.41. The van der Waals surface area contributed by atoms with Crippen LogP contribution in [0.15, 0.2) is 30.3 Å². The van der Waals surface area contributed by atoms with Crippen LogP contribution in [0.2, 0.25) is 0 Å². The van der Waals surface area contributed by atoms with Gasteiger partial charge in [-0.05, 0) is 25.0 Å². The van der Waals surface area contributed by atoms with Gasteiger partial charge in [-0.1, -0.05) is 31.5 Å². The molecule has 2 aromatic rings. The van der Waals surface area contributed by atoms with Crippen molar-refractivity contribution in [2.45, 2.75) is 27.3 Å². The van der Waals surface area contributed by atoms with Crippen LogP contribution >= 0.6 is 0 Å². The fraction of sp³-hybridized carbons (Fsp3) is 0.312. The molecule has 0 radical (unpaired) electrons. The molecule has 0 aliphatic heterocycles. The molecule has 104 valence electrons. The number of anilines is 1. The highest BCUT2D eigenvalue weighted by Crippen LogP contribution is 2.31. The minimum atomic E-state index is 0.397. The number of rotatable bonds is 4. The summed E-state index contributed by atoms with van der Waals surface area (Å²) in [6.45, 7) is 6.90. The van der Waals surface area contributed by atoms with E-state index in [1.165, 1.54) is 5.56 Å². The Balaban J connectivity index is 2.37. The Bertz CT molecular complexity index is 633. The average molecular weight is 269 g/mol. The van der Waals surface area contributed by atoms with Gasteiger partial charge in [-0.25, -0.2) is 0 Å². The second kappa shape index (κ2) is 5.70. The van der Waals surface area contributed by atoms with E-state index in [-0.39, 0.29) is 0 Å². The fourth-order valence-electron chi connectivity index (χ4n) is 2.02. The van der Waals surface area contributed by atoms with Crippen molar-refractivity contribution in [3.63, 3.8) is 0 Å². The zero-order chi connectivity index (χ0) is 14.7.